The molecule has 0 spiro atoms. The summed E-state index contributed by atoms with van der Waals surface area (Å²) in [6.07, 6.45) is 1.12. The molecule has 0 saturated carbocycles. The van der Waals surface area contributed by atoms with Crippen LogP contribution in [0.4, 0.5) is 5.69 Å². The van der Waals surface area contributed by atoms with Crippen molar-refractivity contribution in [1.82, 2.24) is 9.80 Å². The molecule has 0 aliphatic carbocycles. The van der Waals surface area contributed by atoms with Gasteiger partial charge in [0.15, 0.2) is 0 Å². The van der Waals surface area contributed by atoms with Crippen molar-refractivity contribution in [3.63, 3.8) is 0 Å². The molecule has 1 aliphatic rings. The summed E-state index contributed by atoms with van der Waals surface area (Å²) in [7, 11) is -3.65. The number of carbonyl (C=O) groups is 1. The minimum Gasteiger partial charge on any atom is -0.457 e. The van der Waals surface area contributed by atoms with Crippen LogP contribution in [-0.4, -0.2) is 75.2 Å². The highest BCUT2D eigenvalue weighted by Crippen LogP contribution is 2.27. The molecule has 2 aromatic carbocycles. The zero-order chi connectivity index (χ0) is 24.2. The van der Waals surface area contributed by atoms with Crippen molar-refractivity contribution in [2.75, 3.05) is 43.3 Å². The number of amides is 1. The van der Waals surface area contributed by atoms with Gasteiger partial charge in [-0.25, -0.2) is 8.42 Å². The third-order valence-electron chi connectivity index (χ3n) is 5.76. The second-order valence-electron chi connectivity index (χ2n) is 8.43. The Morgan fingerprint density at radius 1 is 1.00 bits per heavy atom. The maximum Gasteiger partial charge on any atom is 0.236 e. The number of sulfonamides is 1. The quantitative estimate of drug-likeness (QED) is 0.575. The largest absolute Gasteiger partial charge is 0.457 e. The molecule has 0 radical (unpaired) electrons. The highest BCUT2D eigenvalue weighted by molar-refractivity contribution is 7.92. The van der Waals surface area contributed by atoms with Crippen molar-refractivity contribution in [1.29, 1.82) is 0 Å². The van der Waals surface area contributed by atoms with E-state index in [2.05, 4.69) is 18.7 Å². The van der Waals surface area contributed by atoms with Gasteiger partial charge in [0.2, 0.25) is 15.9 Å². The lowest BCUT2D eigenvalue weighted by atomic mass is 10.1. The van der Waals surface area contributed by atoms with E-state index in [0.717, 1.165) is 19.3 Å². The Kier molecular flexibility index (Phi) is 8.23. The molecule has 1 heterocycles. The van der Waals surface area contributed by atoms with Gasteiger partial charge >= 0.3 is 0 Å². The Bertz CT molecular complexity index is 1040. The molecular formula is C23H31ClN4O4S. The van der Waals surface area contributed by atoms with Crippen LogP contribution < -0.4 is 14.8 Å². The van der Waals surface area contributed by atoms with Gasteiger partial charge in [-0.05, 0) is 62.4 Å². The first-order chi connectivity index (χ1) is 15.5. The third kappa shape index (κ3) is 6.83. The molecule has 33 heavy (non-hydrogen) atoms. The molecule has 1 aliphatic heterocycles. The van der Waals surface area contributed by atoms with Crippen molar-refractivity contribution in [2.24, 2.45) is 5.73 Å². The van der Waals surface area contributed by atoms with E-state index < -0.39 is 22.0 Å². The van der Waals surface area contributed by atoms with Gasteiger partial charge in [-0.3, -0.25) is 18.9 Å². The summed E-state index contributed by atoms with van der Waals surface area (Å²) < 4.78 is 32.3. The van der Waals surface area contributed by atoms with Crippen molar-refractivity contribution < 1.29 is 17.9 Å². The van der Waals surface area contributed by atoms with Gasteiger partial charge in [0.25, 0.3) is 0 Å². The zero-order valence-corrected chi connectivity index (χ0v) is 20.7. The Balaban J connectivity index is 1.76. The Labute approximate surface area is 200 Å². The first kappa shape index (κ1) is 25.3. The number of halogens is 1. The van der Waals surface area contributed by atoms with E-state index in [1.807, 2.05) is 4.90 Å². The second kappa shape index (κ2) is 10.7. The third-order valence-corrected chi connectivity index (χ3v) is 7.17. The lowest BCUT2D eigenvalue weighted by molar-refractivity contribution is -0.123. The number of ether oxygens (including phenoxy) is 1. The van der Waals surface area contributed by atoms with Gasteiger partial charge in [0, 0.05) is 37.2 Å². The molecule has 8 nitrogen and oxygen atoms in total. The predicted molar refractivity (Wildman–Crippen MR) is 131 cm³/mol. The number of carbonyl (C=O) groups excluding carboxylic acids is 1. The van der Waals surface area contributed by atoms with Crippen LogP contribution in [0.2, 0.25) is 5.02 Å². The topological polar surface area (TPSA) is 96.2 Å². The average Bonchev–Trinajstić information content (AvgIpc) is 2.76. The second-order valence-corrected chi connectivity index (χ2v) is 10.8. The van der Waals surface area contributed by atoms with Crippen LogP contribution in [0, 0.1) is 0 Å². The Morgan fingerprint density at radius 3 is 1.94 bits per heavy atom. The van der Waals surface area contributed by atoms with Crippen molar-refractivity contribution in [3.05, 3.63) is 53.6 Å². The number of hydrogen-bond donors (Lipinski definition) is 1. The van der Waals surface area contributed by atoms with Crippen molar-refractivity contribution in [3.8, 4) is 11.5 Å². The average molecular weight is 495 g/mol. The maximum absolute atomic E-state index is 12.6. The normalized spacial score (nSPS) is 16.5. The van der Waals surface area contributed by atoms with Crippen LogP contribution in [0.25, 0.3) is 0 Å². The van der Waals surface area contributed by atoms with Crippen LogP contribution in [0.1, 0.15) is 13.8 Å². The molecule has 1 amide bonds. The molecule has 3 rings (SSSR count). The van der Waals surface area contributed by atoms with Gasteiger partial charge in [0.05, 0.1) is 18.5 Å². The van der Waals surface area contributed by atoms with Gasteiger partial charge in [0.1, 0.15) is 17.5 Å². The SMILES string of the molecule is CC(C)N1CCN([C@@H](CN(c2ccc(Oc3ccc(Cl)cc3)cc2)S(C)(=O)=O)C(N)=O)CC1. The lowest BCUT2D eigenvalue weighted by Gasteiger charge is -2.41. The van der Waals surface area contributed by atoms with Gasteiger partial charge in [-0.15, -0.1) is 0 Å². The highest BCUT2D eigenvalue weighted by atomic mass is 35.5. The van der Waals surface area contributed by atoms with E-state index >= 15 is 0 Å². The molecule has 1 fully saturated rings. The summed E-state index contributed by atoms with van der Waals surface area (Å²) in [6, 6.07) is 13.3. The van der Waals surface area contributed by atoms with Crippen molar-refractivity contribution >= 4 is 33.2 Å². The fourth-order valence-electron chi connectivity index (χ4n) is 3.86. The van der Waals surface area contributed by atoms with E-state index in [4.69, 9.17) is 22.1 Å². The molecule has 1 atom stereocenters. The summed E-state index contributed by atoms with van der Waals surface area (Å²) >= 11 is 5.90. The number of hydrogen-bond acceptors (Lipinski definition) is 6. The van der Waals surface area contributed by atoms with Gasteiger partial charge in [-0.2, -0.15) is 0 Å². The minimum absolute atomic E-state index is 0.0484. The minimum atomic E-state index is -3.65. The summed E-state index contributed by atoms with van der Waals surface area (Å²) in [4.78, 5) is 16.6. The fourth-order valence-corrected chi connectivity index (χ4v) is 4.90. The number of primary amides is 1. The zero-order valence-electron chi connectivity index (χ0n) is 19.1. The number of rotatable bonds is 9. The first-order valence-electron chi connectivity index (χ1n) is 10.8. The summed E-state index contributed by atoms with van der Waals surface area (Å²) in [5.74, 6) is 0.622. The summed E-state index contributed by atoms with van der Waals surface area (Å²) in [5.41, 5.74) is 6.15. The lowest BCUT2D eigenvalue weighted by Crippen LogP contribution is -2.58. The van der Waals surface area contributed by atoms with Crippen molar-refractivity contribution in [2.45, 2.75) is 25.9 Å². The Morgan fingerprint density at radius 2 is 1.48 bits per heavy atom. The van der Waals surface area contributed by atoms with E-state index in [1.54, 1.807) is 48.5 Å². The van der Waals surface area contributed by atoms with Gasteiger partial charge in [-0.1, -0.05) is 11.6 Å². The molecule has 2 N–H and O–H groups in total. The van der Waals surface area contributed by atoms with Crippen LogP contribution in [-0.2, 0) is 14.8 Å². The number of piperazine rings is 1. The Hall–Kier alpha value is -2.33. The van der Waals surface area contributed by atoms with E-state index in [9.17, 15) is 13.2 Å². The van der Waals surface area contributed by atoms with E-state index in [0.29, 0.717) is 41.3 Å². The standard InChI is InChI=1S/C23H31ClN4O4S/c1-17(2)26-12-14-27(15-13-26)22(23(25)29)16-28(33(3,30)31)19-6-10-21(11-7-19)32-20-8-4-18(24)5-9-20/h4-11,17,22H,12-16H2,1-3H3,(H2,25,29)/t22-/m0/s1. The van der Waals surface area contributed by atoms with Crippen LogP contribution >= 0.6 is 11.6 Å². The molecule has 0 aromatic heterocycles. The summed E-state index contributed by atoms with van der Waals surface area (Å²) in [5, 5.41) is 0.608. The molecular weight excluding hydrogens is 464 g/mol. The number of nitrogens with zero attached hydrogens (tertiary/aromatic N) is 3. The molecule has 1 saturated heterocycles. The summed E-state index contributed by atoms with van der Waals surface area (Å²) in [6.45, 7) is 7.12. The van der Waals surface area contributed by atoms with Crippen LogP contribution in [0.3, 0.4) is 0 Å². The monoisotopic (exact) mass is 494 g/mol. The molecule has 0 unspecified atom stereocenters. The fraction of sp³-hybridized carbons (Fsp3) is 0.435. The van der Waals surface area contributed by atoms with Crippen LogP contribution in [0.15, 0.2) is 48.5 Å². The van der Waals surface area contributed by atoms with E-state index in [-0.39, 0.29) is 6.54 Å². The van der Waals surface area contributed by atoms with Crippen LogP contribution in [0.5, 0.6) is 11.5 Å². The number of nitrogens with two attached hydrogens (primary N) is 1. The molecule has 10 heteroatoms. The molecule has 2 aromatic rings. The highest BCUT2D eigenvalue weighted by Gasteiger charge is 2.32. The first-order valence-corrected chi connectivity index (χ1v) is 13.1. The predicted octanol–water partition coefficient (Wildman–Crippen LogP) is 2.78. The maximum atomic E-state index is 12.6. The van der Waals surface area contributed by atoms with Gasteiger partial charge < -0.3 is 10.5 Å². The molecule has 0 bridgehead atoms. The smallest absolute Gasteiger partial charge is 0.236 e. The number of anilines is 1. The molecule has 180 valence electrons. The number of benzene rings is 2. The van der Waals surface area contributed by atoms with E-state index in [1.165, 1.54) is 4.31 Å².